The second-order valence-corrected chi connectivity index (χ2v) is 7.03. The first-order valence-electron chi connectivity index (χ1n) is 8.14. The number of nitrogens with zero attached hydrogens (tertiary/aromatic N) is 2. The summed E-state index contributed by atoms with van der Waals surface area (Å²) in [6, 6.07) is 7.73. The Balaban J connectivity index is 1.65. The first-order valence-corrected chi connectivity index (χ1v) is 9.12. The monoisotopic (exact) mass is 331 g/mol. The molecule has 1 aliphatic rings. The van der Waals surface area contributed by atoms with Crippen molar-refractivity contribution in [3.63, 3.8) is 0 Å². The lowest BCUT2D eigenvalue weighted by molar-refractivity contribution is 0.102. The number of carbonyl (C=O) groups is 1. The van der Waals surface area contributed by atoms with E-state index in [0.717, 1.165) is 23.5 Å². The van der Waals surface area contributed by atoms with Crippen molar-refractivity contribution in [3.05, 3.63) is 35.7 Å². The summed E-state index contributed by atoms with van der Waals surface area (Å²) in [4.78, 5) is 13.4. The largest absolute Gasteiger partial charge is 0.408 e. The van der Waals surface area contributed by atoms with E-state index in [2.05, 4.69) is 22.4 Å². The zero-order valence-electron chi connectivity index (χ0n) is 13.2. The van der Waals surface area contributed by atoms with E-state index in [0.29, 0.717) is 17.4 Å². The molecule has 1 aliphatic carbocycles. The van der Waals surface area contributed by atoms with Gasteiger partial charge in [-0.1, -0.05) is 37.4 Å². The first kappa shape index (κ1) is 16.1. The summed E-state index contributed by atoms with van der Waals surface area (Å²) in [5.74, 6) is 1.74. The van der Waals surface area contributed by atoms with Gasteiger partial charge in [-0.25, -0.2) is 0 Å². The molecule has 0 aliphatic heterocycles. The van der Waals surface area contributed by atoms with Crippen LogP contribution in [-0.4, -0.2) is 21.9 Å². The Morgan fingerprint density at radius 1 is 1.30 bits per heavy atom. The Labute approximate surface area is 140 Å². The Morgan fingerprint density at radius 2 is 2.13 bits per heavy atom. The molecule has 0 atom stereocenters. The normalized spacial score (nSPS) is 15.5. The highest BCUT2D eigenvalue weighted by atomic mass is 32.2. The molecule has 1 N–H and O–H groups in total. The number of thioether (sulfide) groups is 1. The van der Waals surface area contributed by atoms with E-state index in [-0.39, 0.29) is 11.9 Å². The van der Waals surface area contributed by atoms with Crippen LogP contribution in [0.2, 0.25) is 0 Å². The van der Waals surface area contributed by atoms with Crippen molar-refractivity contribution < 1.29 is 9.21 Å². The van der Waals surface area contributed by atoms with E-state index < -0.39 is 0 Å². The van der Waals surface area contributed by atoms with Gasteiger partial charge in [-0.05, 0) is 36.8 Å². The molecule has 0 bridgehead atoms. The van der Waals surface area contributed by atoms with Crippen LogP contribution >= 0.6 is 11.8 Å². The summed E-state index contributed by atoms with van der Waals surface area (Å²) in [5, 5.41) is 10.8. The van der Waals surface area contributed by atoms with Crippen molar-refractivity contribution in [2.75, 3.05) is 11.1 Å². The Hall–Kier alpha value is -1.82. The van der Waals surface area contributed by atoms with E-state index >= 15 is 0 Å². The number of aromatic nitrogens is 2. The van der Waals surface area contributed by atoms with E-state index in [4.69, 9.17) is 4.42 Å². The second kappa shape index (κ2) is 7.64. The summed E-state index contributed by atoms with van der Waals surface area (Å²) < 4.78 is 5.63. The lowest BCUT2D eigenvalue weighted by Gasteiger charge is -2.17. The van der Waals surface area contributed by atoms with E-state index in [1.54, 1.807) is 17.8 Å². The maximum absolute atomic E-state index is 12.3. The van der Waals surface area contributed by atoms with Gasteiger partial charge in [0.05, 0.1) is 0 Å². The molecule has 1 aromatic heterocycles. The Bertz CT molecular complexity index is 665. The number of hydrogen-bond acceptors (Lipinski definition) is 5. The second-order valence-electron chi connectivity index (χ2n) is 5.70. The molecule has 0 saturated heterocycles. The fourth-order valence-corrected chi connectivity index (χ4v) is 3.58. The lowest BCUT2D eigenvalue weighted by atomic mass is 9.89. The minimum absolute atomic E-state index is 0.184. The van der Waals surface area contributed by atoms with Crippen molar-refractivity contribution in [3.8, 4) is 0 Å². The molecule has 1 saturated carbocycles. The highest BCUT2D eigenvalue weighted by Crippen LogP contribution is 2.32. The van der Waals surface area contributed by atoms with Gasteiger partial charge >= 0.3 is 6.01 Å². The maximum Gasteiger partial charge on any atom is 0.322 e. The third-order valence-corrected chi connectivity index (χ3v) is 4.90. The topological polar surface area (TPSA) is 68.0 Å². The summed E-state index contributed by atoms with van der Waals surface area (Å²) in [7, 11) is 0. The molecule has 5 nitrogen and oxygen atoms in total. The van der Waals surface area contributed by atoms with Crippen LogP contribution in [0.3, 0.4) is 0 Å². The number of benzene rings is 1. The van der Waals surface area contributed by atoms with Crippen LogP contribution in [0.15, 0.2) is 33.6 Å². The number of hydrogen-bond donors (Lipinski definition) is 1. The van der Waals surface area contributed by atoms with Gasteiger partial charge in [0.1, 0.15) is 0 Å². The number of rotatable bonds is 5. The van der Waals surface area contributed by atoms with E-state index in [1.807, 2.05) is 18.2 Å². The summed E-state index contributed by atoms with van der Waals surface area (Å²) >= 11 is 1.70. The molecule has 3 rings (SSSR count). The van der Waals surface area contributed by atoms with Crippen molar-refractivity contribution in [2.45, 2.75) is 49.8 Å². The van der Waals surface area contributed by atoms with Crippen LogP contribution in [-0.2, 0) is 0 Å². The zero-order valence-corrected chi connectivity index (χ0v) is 14.1. The lowest BCUT2D eigenvalue weighted by Crippen LogP contribution is -2.12. The number of anilines is 1. The van der Waals surface area contributed by atoms with Gasteiger partial charge in [-0.2, -0.15) is 0 Å². The van der Waals surface area contributed by atoms with Crippen LogP contribution in [0, 0.1) is 0 Å². The highest BCUT2D eigenvalue weighted by molar-refractivity contribution is 7.99. The van der Waals surface area contributed by atoms with E-state index in [9.17, 15) is 4.79 Å². The molecule has 0 spiro atoms. The first-order chi connectivity index (χ1) is 11.3. The molecular weight excluding hydrogens is 310 g/mol. The molecule has 6 heteroatoms. The molecule has 1 fully saturated rings. The van der Waals surface area contributed by atoms with Crippen molar-refractivity contribution in [1.29, 1.82) is 0 Å². The number of nitrogens with one attached hydrogen (secondary N) is 1. The highest BCUT2D eigenvalue weighted by Gasteiger charge is 2.22. The Kier molecular flexibility index (Phi) is 5.33. The van der Waals surface area contributed by atoms with Crippen LogP contribution < -0.4 is 5.32 Å². The van der Waals surface area contributed by atoms with Gasteiger partial charge in [0.2, 0.25) is 5.89 Å². The average Bonchev–Trinajstić information content (AvgIpc) is 3.05. The van der Waals surface area contributed by atoms with Gasteiger partial charge in [0.25, 0.3) is 5.91 Å². The van der Waals surface area contributed by atoms with Gasteiger partial charge in [0, 0.05) is 16.4 Å². The molecule has 0 unspecified atom stereocenters. The summed E-state index contributed by atoms with van der Waals surface area (Å²) in [6.07, 6.45) is 5.87. The smallest absolute Gasteiger partial charge is 0.322 e. The molecule has 1 amide bonds. The molecule has 122 valence electrons. The fraction of sp³-hybridized carbons (Fsp3) is 0.471. The standard InChI is InChI=1S/C17H21N3O2S/c1-2-23-14-10-6-9-13(11-14)15(21)18-17-20-19-16(22-17)12-7-4-3-5-8-12/h6,9-12H,2-5,7-8H2,1H3,(H,18,20,21). The Morgan fingerprint density at radius 3 is 2.91 bits per heavy atom. The van der Waals surface area contributed by atoms with Gasteiger partial charge < -0.3 is 4.42 Å². The van der Waals surface area contributed by atoms with Crippen LogP contribution in [0.4, 0.5) is 6.01 Å². The van der Waals surface area contributed by atoms with Crippen LogP contribution in [0.1, 0.15) is 61.2 Å². The number of carbonyl (C=O) groups excluding carboxylic acids is 1. The van der Waals surface area contributed by atoms with Crippen molar-refractivity contribution in [2.24, 2.45) is 0 Å². The predicted octanol–water partition coefficient (Wildman–Crippen LogP) is 4.48. The van der Waals surface area contributed by atoms with Crippen molar-refractivity contribution in [1.82, 2.24) is 10.2 Å². The molecule has 1 heterocycles. The zero-order chi connectivity index (χ0) is 16.1. The minimum Gasteiger partial charge on any atom is -0.408 e. The molecular formula is C17H21N3O2S. The summed E-state index contributed by atoms with van der Waals surface area (Å²) in [6.45, 7) is 2.09. The molecule has 23 heavy (non-hydrogen) atoms. The third kappa shape index (κ3) is 4.13. The quantitative estimate of drug-likeness (QED) is 0.818. The minimum atomic E-state index is -0.220. The predicted molar refractivity (Wildman–Crippen MR) is 90.9 cm³/mol. The van der Waals surface area contributed by atoms with Gasteiger partial charge in [0.15, 0.2) is 0 Å². The summed E-state index contributed by atoms with van der Waals surface area (Å²) in [5.41, 5.74) is 0.598. The number of amides is 1. The molecule has 2 aromatic rings. The van der Waals surface area contributed by atoms with Crippen LogP contribution in [0.5, 0.6) is 0 Å². The average molecular weight is 331 g/mol. The van der Waals surface area contributed by atoms with Gasteiger partial charge in [-0.15, -0.1) is 16.9 Å². The third-order valence-electron chi connectivity index (χ3n) is 4.02. The molecule has 1 aromatic carbocycles. The van der Waals surface area contributed by atoms with E-state index in [1.165, 1.54) is 19.3 Å². The maximum atomic E-state index is 12.3. The SMILES string of the molecule is CCSc1cccc(C(=O)Nc2nnc(C3CCCCC3)o2)c1. The van der Waals surface area contributed by atoms with Crippen molar-refractivity contribution >= 4 is 23.7 Å². The van der Waals surface area contributed by atoms with Crippen LogP contribution in [0.25, 0.3) is 0 Å². The van der Waals surface area contributed by atoms with Gasteiger partial charge in [-0.3, -0.25) is 10.1 Å². The fourth-order valence-electron chi connectivity index (χ4n) is 2.86. The molecule has 0 radical (unpaired) electrons.